The molecule has 1 aromatic rings. The Morgan fingerprint density at radius 1 is 1.26 bits per heavy atom. The van der Waals surface area contributed by atoms with Crippen molar-refractivity contribution in [3.05, 3.63) is 35.4 Å². The average Bonchev–Trinajstić information content (AvgIpc) is 3.12. The van der Waals surface area contributed by atoms with Gasteiger partial charge in [0.2, 0.25) is 0 Å². The molecule has 0 spiro atoms. The first-order valence-electron chi connectivity index (χ1n) is 10.1. The van der Waals surface area contributed by atoms with E-state index in [1.54, 1.807) is 0 Å². The fraction of sp³-hybridized carbons (Fsp3) is 0.619. The predicted octanol–water partition coefficient (Wildman–Crippen LogP) is 3.10. The van der Waals surface area contributed by atoms with Crippen molar-refractivity contribution < 1.29 is 14.3 Å². The van der Waals surface area contributed by atoms with Gasteiger partial charge >= 0.3 is 6.09 Å². The van der Waals surface area contributed by atoms with Crippen molar-refractivity contribution in [1.82, 2.24) is 15.5 Å². The molecule has 0 aromatic heterocycles. The Kier molecular flexibility index (Phi) is 8.58. The lowest BCUT2D eigenvalue weighted by Gasteiger charge is -2.28. The van der Waals surface area contributed by atoms with Crippen LogP contribution >= 0.6 is 0 Å². The molecule has 1 fully saturated rings. The van der Waals surface area contributed by atoms with Crippen LogP contribution in [0.2, 0.25) is 0 Å². The highest BCUT2D eigenvalue weighted by molar-refractivity contribution is 5.95. The van der Waals surface area contributed by atoms with Crippen molar-refractivity contribution in [1.29, 1.82) is 0 Å². The van der Waals surface area contributed by atoms with Gasteiger partial charge in [-0.25, -0.2) is 4.79 Å². The maximum absolute atomic E-state index is 12.2. The van der Waals surface area contributed by atoms with E-state index in [1.807, 2.05) is 43.0 Å². The number of carbonyl (C=O) groups is 2. The van der Waals surface area contributed by atoms with Crippen LogP contribution in [0.5, 0.6) is 0 Å². The van der Waals surface area contributed by atoms with E-state index in [0.717, 1.165) is 43.4 Å². The molecule has 6 nitrogen and oxygen atoms in total. The third-order valence-corrected chi connectivity index (χ3v) is 5.16. The number of aryl methyl sites for hydroxylation is 1. The summed E-state index contributed by atoms with van der Waals surface area (Å²) in [7, 11) is 0. The van der Waals surface area contributed by atoms with Crippen molar-refractivity contribution in [2.24, 2.45) is 0 Å². The van der Waals surface area contributed by atoms with E-state index in [0.29, 0.717) is 25.7 Å². The third kappa shape index (κ3) is 6.24. The molecule has 1 aromatic carbocycles. The van der Waals surface area contributed by atoms with E-state index in [-0.39, 0.29) is 18.0 Å². The summed E-state index contributed by atoms with van der Waals surface area (Å²) in [6.07, 6.45) is 3.77. The van der Waals surface area contributed by atoms with Gasteiger partial charge in [0.1, 0.15) is 0 Å². The normalized spacial score (nSPS) is 17.6. The molecule has 0 saturated carbocycles. The van der Waals surface area contributed by atoms with Crippen molar-refractivity contribution in [3.8, 4) is 0 Å². The van der Waals surface area contributed by atoms with Crippen LogP contribution in [0.25, 0.3) is 0 Å². The summed E-state index contributed by atoms with van der Waals surface area (Å²) >= 11 is 0. The highest BCUT2D eigenvalue weighted by atomic mass is 16.6. The van der Waals surface area contributed by atoms with E-state index in [4.69, 9.17) is 4.74 Å². The van der Waals surface area contributed by atoms with Crippen LogP contribution in [0.4, 0.5) is 4.79 Å². The second-order valence-corrected chi connectivity index (χ2v) is 7.05. The smallest absolute Gasteiger partial charge is 0.409 e. The molecule has 2 unspecified atom stereocenters. The lowest BCUT2D eigenvalue weighted by molar-refractivity contribution is 0.0946. The summed E-state index contributed by atoms with van der Waals surface area (Å²) in [6, 6.07) is 8.16. The summed E-state index contributed by atoms with van der Waals surface area (Å²) in [5.41, 5.74) is 1.70. The number of amides is 2. The highest BCUT2D eigenvalue weighted by Crippen LogP contribution is 2.23. The minimum absolute atomic E-state index is 0.0350. The summed E-state index contributed by atoms with van der Waals surface area (Å²) < 4.78 is 5.17. The molecule has 0 aliphatic carbocycles. The summed E-state index contributed by atoms with van der Waals surface area (Å²) in [5.74, 6) is -0.0350. The Labute approximate surface area is 162 Å². The summed E-state index contributed by atoms with van der Waals surface area (Å²) in [4.78, 5) is 26.2. The van der Waals surface area contributed by atoms with Crippen molar-refractivity contribution in [2.75, 3.05) is 26.2 Å². The zero-order valence-corrected chi connectivity index (χ0v) is 16.8. The zero-order valence-electron chi connectivity index (χ0n) is 16.8. The second-order valence-electron chi connectivity index (χ2n) is 7.05. The van der Waals surface area contributed by atoms with Gasteiger partial charge < -0.3 is 20.3 Å². The van der Waals surface area contributed by atoms with Crippen LogP contribution in [0.15, 0.2) is 24.3 Å². The molecule has 1 aliphatic rings. The number of nitrogens with zero attached hydrogens (tertiary/aromatic N) is 1. The predicted molar refractivity (Wildman–Crippen MR) is 107 cm³/mol. The SMILES string of the molecule is CCOC(=O)N1CCCC1CC(CC)NCCNC(=O)c1ccccc1C. The topological polar surface area (TPSA) is 70.7 Å². The summed E-state index contributed by atoms with van der Waals surface area (Å²) in [6.45, 7) is 8.41. The number of hydrogen-bond acceptors (Lipinski definition) is 4. The van der Waals surface area contributed by atoms with Gasteiger partial charge in [0, 0.05) is 37.3 Å². The van der Waals surface area contributed by atoms with Crippen LogP contribution in [-0.4, -0.2) is 55.2 Å². The zero-order chi connectivity index (χ0) is 19.6. The Hall–Kier alpha value is -2.08. The van der Waals surface area contributed by atoms with Crippen LogP contribution in [0.3, 0.4) is 0 Å². The Bertz CT molecular complexity index is 620. The first-order chi connectivity index (χ1) is 13.1. The van der Waals surface area contributed by atoms with Gasteiger partial charge in [-0.15, -0.1) is 0 Å². The molecule has 0 bridgehead atoms. The number of ether oxygens (including phenoxy) is 1. The van der Waals surface area contributed by atoms with Gasteiger partial charge in [0.25, 0.3) is 5.91 Å². The molecule has 0 radical (unpaired) electrons. The molecule has 2 amide bonds. The number of likely N-dealkylation sites (tertiary alicyclic amines) is 1. The average molecular weight is 376 g/mol. The fourth-order valence-electron chi connectivity index (χ4n) is 3.63. The largest absolute Gasteiger partial charge is 0.450 e. The number of nitrogens with one attached hydrogen (secondary N) is 2. The van der Waals surface area contributed by atoms with E-state index in [9.17, 15) is 9.59 Å². The Balaban J connectivity index is 1.74. The molecule has 2 atom stereocenters. The van der Waals surface area contributed by atoms with E-state index in [2.05, 4.69) is 17.6 Å². The Morgan fingerprint density at radius 3 is 2.74 bits per heavy atom. The van der Waals surface area contributed by atoms with E-state index < -0.39 is 0 Å². The van der Waals surface area contributed by atoms with Crippen LogP contribution in [0, 0.1) is 6.92 Å². The molecule has 150 valence electrons. The van der Waals surface area contributed by atoms with Gasteiger partial charge in [0.15, 0.2) is 0 Å². The molecular weight excluding hydrogens is 342 g/mol. The van der Waals surface area contributed by atoms with Crippen molar-refractivity contribution in [2.45, 2.75) is 58.5 Å². The van der Waals surface area contributed by atoms with Crippen LogP contribution < -0.4 is 10.6 Å². The number of benzene rings is 1. The lowest BCUT2D eigenvalue weighted by atomic mass is 10.0. The summed E-state index contributed by atoms with van der Waals surface area (Å²) in [5, 5.41) is 6.49. The van der Waals surface area contributed by atoms with Gasteiger partial charge in [-0.1, -0.05) is 25.1 Å². The van der Waals surface area contributed by atoms with Crippen LogP contribution in [-0.2, 0) is 4.74 Å². The molecule has 2 N–H and O–H groups in total. The first-order valence-corrected chi connectivity index (χ1v) is 10.1. The number of rotatable bonds is 9. The standard InChI is InChI=1S/C21H33N3O3/c1-4-17(15-18-10-8-14-24(18)21(26)27-5-2)22-12-13-23-20(25)19-11-7-6-9-16(19)3/h6-7,9,11,17-18,22H,4-5,8,10,12-15H2,1-3H3,(H,23,25). The molecule has 6 heteroatoms. The minimum atomic E-state index is -0.194. The molecular formula is C21H33N3O3. The van der Waals surface area contributed by atoms with Crippen LogP contribution in [0.1, 0.15) is 55.5 Å². The molecule has 1 saturated heterocycles. The van der Waals surface area contributed by atoms with Gasteiger partial charge in [-0.3, -0.25) is 4.79 Å². The van der Waals surface area contributed by atoms with Gasteiger partial charge in [-0.05, 0) is 51.2 Å². The maximum Gasteiger partial charge on any atom is 0.409 e. The second kappa shape index (κ2) is 10.9. The van der Waals surface area contributed by atoms with E-state index in [1.165, 1.54) is 0 Å². The van der Waals surface area contributed by atoms with Crippen molar-refractivity contribution >= 4 is 12.0 Å². The molecule has 2 rings (SSSR count). The maximum atomic E-state index is 12.2. The molecule has 1 heterocycles. The lowest BCUT2D eigenvalue weighted by Crippen LogP contribution is -2.43. The molecule has 1 aliphatic heterocycles. The first kappa shape index (κ1) is 21.2. The minimum Gasteiger partial charge on any atom is -0.450 e. The number of carbonyl (C=O) groups excluding carboxylic acids is 2. The highest BCUT2D eigenvalue weighted by Gasteiger charge is 2.31. The van der Waals surface area contributed by atoms with E-state index >= 15 is 0 Å². The Morgan fingerprint density at radius 2 is 2.04 bits per heavy atom. The third-order valence-electron chi connectivity index (χ3n) is 5.16. The molecule has 27 heavy (non-hydrogen) atoms. The number of hydrogen-bond donors (Lipinski definition) is 2. The van der Waals surface area contributed by atoms with Gasteiger partial charge in [0.05, 0.1) is 6.61 Å². The van der Waals surface area contributed by atoms with Crippen molar-refractivity contribution in [3.63, 3.8) is 0 Å². The monoisotopic (exact) mass is 375 g/mol. The fourth-order valence-corrected chi connectivity index (χ4v) is 3.63. The quantitative estimate of drug-likeness (QED) is 0.651. The van der Waals surface area contributed by atoms with Gasteiger partial charge in [-0.2, -0.15) is 0 Å².